The van der Waals surface area contributed by atoms with Crippen LogP contribution in [0, 0.1) is 11.7 Å². The van der Waals surface area contributed by atoms with Gasteiger partial charge in [0.25, 0.3) is 10.0 Å². The van der Waals surface area contributed by atoms with Gasteiger partial charge in [-0.05, 0) is 42.2 Å². The minimum atomic E-state index is -3.99. The van der Waals surface area contributed by atoms with Crippen molar-refractivity contribution in [3.8, 4) is 5.75 Å². The van der Waals surface area contributed by atoms with E-state index in [1.54, 1.807) is 18.2 Å². The molecule has 9 heteroatoms. The normalized spacial score (nSPS) is 16.4. The molecular weight excluding hydrogens is 385 g/mol. The second-order valence-corrected chi connectivity index (χ2v) is 8.59. The minimum Gasteiger partial charge on any atom is -0.494 e. The van der Waals surface area contributed by atoms with Crippen LogP contribution < -0.4 is 20.1 Å². The van der Waals surface area contributed by atoms with Crippen molar-refractivity contribution in [3.63, 3.8) is 0 Å². The summed E-state index contributed by atoms with van der Waals surface area (Å²) in [6, 6.07) is 8.54. The van der Waals surface area contributed by atoms with Crippen molar-refractivity contribution in [1.29, 1.82) is 0 Å². The lowest BCUT2D eigenvalue weighted by atomic mass is 9.93. The first-order valence-electron chi connectivity index (χ1n) is 8.71. The molecule has 1 aliphatic rings. The van der Waals surface area contributed by atoms with Crippen molar-refractivity contribution in [2.45, 2.75) is 18.2 Å². The molecule has 1 atom stereocenters. The zero-order chi connectivity index (χ0) is 20.5. The minimum absolute atomic E-state index is 0.0840. The smallest absolute Gasteiger partial charge is 0.264 e. The molecule has 3 N–H and O–H groups in total. The number of hydrogen-bond acceptors (Lipinski definition) is 5. The van der Waals surface area contributed by atoms with Crippen molar-refractivity contribution >= 4 is 27.3 Å². The third kappa shape index (κ3) is 3.89. The maximum atomic E-state index is 13.7. The number of methoxy groups -OCH3 is 1. The Morgan fingerprint density at radius 3 is 2.75 bits per heavy atom. The summed E-state index contributed by atoms with van der Waals surface area (Å²) >= 11 is 0. The van der Waals surface area contributed by atoms with Gasteiger partial charge in [0.05, 0.1) is 17.7 Å². The summed E-state index contributed by atoms with van der Waals surface area (Å²) in [5, 5.41) is 2.74. The summed E-state index contributed by atoms with van der Waals surface area (Å²) in [6.07, 6.45) is 0.606. The lowest BCUT2D eigenvalue weighted by Gasteiger charge is -2.35. The lowest BCUT2D eigenvalue weighted by Crippen LogP contribution is -2.43. The second-order valence-electron chi connectivity index (χ2n) is 6.73. The Balaban J connectivity index is 2.04. The van der Waals surface area contributed by atoms with Gasteiger partial charge in [-0.1, -0.05) is 6.07 Å². The highest BCUT2D eigenvalue weighted by Crippen LogP contribution is 2.36. The van der Waals surface area contributed by atoms with Crippen LogP contribution in [-0.4, -0.2) is 34.5 Å². The first-order chi connectivity index (χ1) is 13.2. The van der Waals surface area contributed by atoms with Gasteiger partial charge in [-0.15, -0.1) is 0 Å². The van der Waals surface area contributed by atoms with Crippen LogP contribution in [0.15, 0.2) is 41.3 Å². The number of fused-ring (bicyclic) bond motifs is 1. The fraction of sp³-hybridized carbons (Fsp3) is 0.316. The molecule has 0 spiro atoms. The Kier molecular flexibility index (Phi) is 5.46. The molecule has 0 aromatic heterocycles. The van der Waals surface area contributed by atoms with Gasteiger partial charge in [-0.2, -0.15) is 0 Å². The summed E-state index contributed by atoms with van der Waals surface area (Å²) < 4.78 is 46.6. The average Bonchev–Trinajstić information content (AvgIpc) is 2.65. The molecule has 7 nitrogen and oxygen atoms in total. The molecule has 3 rings (SSSR count). The predicted octanol–water partition coefficient (Wildman–Crippen LogP) is 1.92. The Bertz CT molecular complexity index is 1010. The Labute approximate surface area is 163 Å². The van der Waals surface area contributed by atoms with Gasteiger partial charge in [-0.3, -0.25) is 9.10 Å². The van der Waals surface area contributed by atoms with Crippen LogP contribution in [0.4, 0.5) is 15.8 Å². The molecule has 1 aliphatic heterocycles. The zero-order valence-electron chi connectivity index (χ0n) is 15.6. The van der Waals surface area contributed by atoms with Crippen LogP contribution >= 0.6 is 0 Å². The molecule has 0 radical (unpaired) electrons. The Morgan fingerprint density at radius 1 is 1.32 bits per heavy atom. The van der Waals surface area contributed by atoms with Gasteiger partial charge in [-0.25, -0.2) is 12.8 Å². The van der Waals surface area contributed by atoms with E-state index in [1.807, 2.05) is 0 Å². The first kappa shape index (κ1) is 19.9. The van der Waals surface area contributed by atoms with Gasteiger partial charge in [0, 0.05) is 31.8 Å². The highest BCUT2D eigenvalue weighted by Gasteiger charge is 2.34. The molecule has 150 valence electrons. The van der Waals surface area contributed by atoms with Crippen LogP contribution in [0.25, 0.3) is 0 Å². The van der Waals surface area contributed by atoms with Crippen LogP contribution in [0.3, 0.4) is 0 Å². The summed E-state index contributed by atoms with van der Waals surface area (Å²) in [6.45, 7) is 1.92. The van der Waals surface area contributed by atoms with Gasteiger partial charge >= 0.3 is 0 Å². The topological polar surface area (TPSA) is 102 Å². The summed E-state index contributed by atoms with van der Waals surface area (Å²) in [5.41, 5.74) is 7.62. The molecule has 2 aromatic carbocycles. The molecule has 2 aromatic rings. The quantitative estimate of drug-likeness (QED) is 0.738. The number of halogens is 1. The van der Waals surface area contributed by atoms with E-state index in [0.29, 0.717) is 24.3 Å². The first-order valence-corrected chi connectivity index (χ1v) is 10.2. The average molecular weight is 407 g/mol. The van der Waals surface area contributed by atoms with Crippen molar-refractivity contribution in [2.24, 2.45) is 5.92 Å². The van der Waals surface area contributed by atoms with E-state index in [9.17, 15) is 17.6 Å². The molecule has 0 bridgehead atoms. The summed E-state index contributed by atoms with van der Waals surface area (Å²) in [5.74, 6) is -1.09. The number of nitrogens with zero attached hydrogens (tertiary/aromatic N) is 1. The fourth-order valence-electron chi connectivity index (χ4n) is 3.27. The third-order valence-electron chi connectivity index (χ3n) is 4.66. The number of hydrogen-bond donors (Lipinski definition) is 2. The van der Waals surface area contributed by atoms with Crippen molar-refractivity contribution in [2.75, 3.05) is 30.2 Å². The number of nitrogens with one attached hydrogen (secondary N) is 1. The zero-order valence-corrected chi connectivity index (χ0v) is 16.4. The number of benzene rings is 2. The van der Waals surface area contributed by atoms with Gasteiger partial charge in [0.15, 0.2) is 11.6 Å². The van der Waals surface area contributed by atoms with Crippen LogP contribution in [-0.2, 0) is 21.2 Å². The third-order valence-corrected chi connectivity index (χ3v) is 6.44. The van der Waals surface area contributed by atoms with Crippen molar-refractivity contribution in [1.82, 2.24) is 5.32 Å². The number of sulfonamides is 1. The predicted molar refractivity (Wildman–Crippen MR) is 104 cm³/mol. The van der Waals surface area contributed by atoms with E-state index in [-0.39, 0.29) is 29.0 Å². The molecule has 0 unspecified atom stereocenters. The SMILES string of the molecule is COc1cc(S(=O)(=O)N2C[C@H](CNC(C)=O)Cc3ccc(N)cc32)ccc1F. The summed E-state index contributed by atoms with van der Waals surface area (Å²) in [7, 11) is -2.72. The van der Waals surface area contributed by atoms with Crippen LogP contribution in [0.2, 0.25) is 0 Å². The standard InChI is InChI=1S/C19H22FN3O4S/c1-12(24)22-10-13-7-14-3-4-15(21)8-18(14)23(11-13)28(25,26)16-5-6-17(20)19(9-16)27-2/h3-6,8-9,13H,7,10-11,21H2,1-2H3,(H,22,24)/t13-/m0/s1. The molecule has 0 fully saturated rings. The van der Waals surface area contributed by atoms with Gasteiger partial charge in [0.1, 0.15) is 0 Å². The number of carbonyl (C=O) groups excluding carboxylic acids is 1. The largest absolute Gasteiger partial charge is 0.494 e. The number of nitrogen functional groups attached to an aromatic ring is 1. The molecule has 28 heavy (non-hydrogen) atoms. The molecule has 0 saturated carbocycles. The van der Waals surface area contributed by atoms with Crippen molar-refractivity contribution in [3.05, 3.63) is 47.8 Å². The number of rotatable bonds is 5. The maximum absolute atomic E-state index is 13.7. The summed E-state index contributed by atoms with van der Waals surface area (Å²) in [4.78, 5) is 11.2. The van der Waals surface area contributed by atoms with Gasteiger partial charge in [0.2, 0.25) is 5.91 Å². The number of nitrogens with two attached hydrogens (primary N) is 1. The van der Waals surface area contributed by atoms with Crippen LogP contribution in [0.5, 0.6) is 5.75 Å². The number of anilines is 2. The van der Waals surface area contributed by atoms with Gasteiger partial charge < -0.3 is 15.8 Å². The van der Waals surface area contributed by atoms with E-state index < -0.39 is 15.8 Å². The fourth-order valence-corrected chi connectivity index (χ4v) is 4.86. The molecule has 1 heterocycles. The molecular formula is C19H22FN3O4S. The molecule has 0 saturated heterocycles. The number of amides is 1. The van der Waals surface area contributed by atoms with E-state index in [0.717, 1.165) is 17.7 Å². The highest BCUT2D eigenvalue weighted by molar-refractivity contribution is 7.92. The van der Waals surface area contributed by atoms with E-state index in [1.165, 1.54) is 24.4 Å². The number of ether oxygens (including phenoxy) is 1. The lowest BCUT2D eigenvalue weighted by molar-refractivity contribution is -0.119. The highest BCUT2D eigenvalue weighted by atomic mass is 32.2. The van der Waals surface area contributed by atoms with E-state index >= 15 is 0 Å². The Morgan fingerprint density at radius 2 is 2.07 bits per heavy atom. The second kappa shape index (κ2) is 7.67. The van der Waals surface area contributed by atoms with Crippen LogP contribution in [0.1, 0.15) is 12.5 Å². The van der Waals surface area contributed by atoms with Crippen molar-refractivity contribution < 1.29 is 22.3 Å². The molecule has 1 amide bonds. The number of carbonyl (C=O) groups is 1. The maximum Gasteiger partial charge on any atom is 0.264 e. The van der Waals surface area contributed by atoms with E-state index in [4.69, 9.17) is 10.5 Å². The monoisotopic (exact) mass is 407 g/mol. The molecule has 0 aliphatic carbocycles. The van der Waals surface area contributed by atoms with E-state index in [2.05, 4.69) is 5.32 Å². The Hall–Kier alpha value is -2.81.